The summed E-state index contributed by atoms with van der Waals surface area (Å²) in [5.41, 5.74) is 2.69. The maximum absolute atomic E-state index is 12.2. The van der Waals surface area contributed by atoms with Crippen LogP contribution in [-0.2, 0) is 6.54 Å². The summed E-state index contributed by atoms with van der Waals surface area (Å²) in [6.45, 7) is 0.457. The van der Waals surface area contributed by atoms with Crippen LogP contribution in [0.1, 0.15) is 11.5 Å². The minimum atomic E-state index is -4.48. The molecule has 0 amide bonds. The second kappa shape index (κ2) is 7.58. The average molecular weight is 417 g/mol. The molecule has 0 spiro atoms. The van der Waals surface area contributed by atoms with Crippen molar-refractivity contribution in [2.24, 2.45) is 0 Å². The summed E-state index contributed by atoms with van der Waals surface area (Å²) in [6, 6.07) is 7.92. The highest BCUT2D eigenvalue weighted by molar-refractivity contribution is 5.73. The van der Waals surface area contributed by atoms with Gasteiger partial charge in [-0.05, 0) is 30.7 Å². The third-order valence-corrected chi connectivity index (χ3v) is 4.03. The van der Waals surface area contributed by atoms with Crippen LogP contribution in [0.25, 0.3) is 22.4 Å². The van der Waals surface area contributed by atoms with E-state index in [1.807, 2.05) is 19.1 Å². The monoisotopic (exact) mass is 417 g/mol. The fourth-order valence-corrected chi connectivity index (χ4v) is 2.67. The minimum absolute atomic E-state index is 0.00797. The van der Waals surface area contributed by atoms with E-state index >= 15 is 0 Å². The molecule has 3 aromatic heterocycles. The predicted octanol–water partition coefficient (Wildman–Crippen LogP) is 3.14. The molecule has 0 N–H and O–H groups in total. The van der Waals surface area contributed by atoms with E-state index in [1.54, 1.807) is 6.07 Å². The summed E-state index contributed by atoms with van der Waals surface area (Å²) in [6.07, 6.45) is -1.96. The summed E-state index contributed by atoms with van der Waals surface area (Å²) in [4.78, 5) is 24.0. The average Bonchev–Trinajstić information content (AvgIpc) is 3.09. The number of aryl methyl sites for hydroxylation is 1. The summed E-state index contributed by atoms with van der Waals surface area (Å²) >= 11 is 0. The van der Waals surface area contributed by atoms with Crippen molar-refractivity contribution in [2.45, 2.75) is 19.6 Å². The van der Waals surface area contributed by atoms with Gasteiger partial charge in [-0.1, -0.05) is 6.07 Å². The minimum Gasteiger partial charge on any atom is -0.454 e. The van der Waals surface area contributed by atoms with Crippen LogP contribution in [0.15, 0.2) is 51.9 Å². The van der Waals surface area contributed by atoms with Crippen molar-refractivity contribution in [1.82, 2.24) is 24.7 Å². The van der Waals surface area contributed by atoms with Crippen molar-refractivity contribution in [2.75, 3.05) is 6.61 Å². The molecular weight excluding hydrogens is 403 g/mol. The van der Waals surface area contributed by atoms with Crippen LogP contribution in [0.5, 0.6) is 6.01 Å². The fraction of sp³-hybridized carbons (Fsp3) is 0.211. The quantitative estimate of drug-likeness (QED) is 0.492. The van der Waals surface area contributed by atoms with Crippen LogP contribution in [0.3, 0.4) is 0 Å². The first-order valence-corrected chi connectivity index (χ1v) is 8.73. The van der Waals surface area contributed by atoms with Crippen LogP contribution in [0.4, 0.5) is 13.2 Å². The van der Waals surface area contributed by atoms with Crippen molar-refractivity contribution in [3.8, 4) is 17.3 Å². The first kappa shape index (κ1) is 19.6. The molecule has 0 saturated carbocycles. The van der Waals surface area contributed by atoms with Crippen LogP contribution in [0, 0.1) is 6.92 Å². The molecule has 0 saturated heterocycles. The lowest BCUT2D eigenvalue weighted by molar-refractivity contribution is -0.154. The Kier molecular flexibility index (Phi) is 4.94. The SMILES string of the molecule is Cc1ccc2oc(Cn3nc(-c4cnc(OCC(F)(F)F)nc4)ccc3=O)nc2c1. The molecule has 1 aromatic carbocycles. The van der Waals surface area contributed by atoms with Crippen LogP contribution >= 0.6 is 0 Å². The smallest absolute Gasteiger partial charge is 0.422 e. The summed E-state index contributed by atoms with van der Waals surface area (Å²) < 4.78 is 47.9. The molecule has 11 heteroatoms. The van der Waals surface area contributed by atoms with E-state index in [0.29, 0.717) is 28.2 Å². The van der Waals surface area contributed by atoms with Crippen molar-refractivity contribution in [3.05, 3.63) is 64.5 Å². The molecule has 154 valence electrons. The van der Waals surface area contributed by atoms with Gasteiger partial charge in [0.05, 0.1) is 5.69 Å². The molecule has 3 heterocycles. The van der Waals surface area contributed by atoms with Gasteiger partial charge in [-0.15, -0.1) is 0 Å². The second-order valence-corrected chi connectivity index (χ2v) is 6.45. The van der Waals surface area contributed by atoms with E-state index in [2.05, 4.69) is 24.8 Å². The first-order chi connectivity index (χ1) is 14.3. The Morgan fingerprint density at radius 3 is 2.63 bits per heavy atom. The van der Waals surface area contributed by atoms with Crippen molar-refractivity contribution in [1.29, 1.82) is 0 Å². The van der Waals surface area contributed by atoms with Gasteiger partial charge in [0, 0.05) is 24.0 Å². The maximum atomic E-state index is 12.2. The van der Waals surface area contributed by atoms with E-state index in [4.69, 9.17) is 4.42 Å². The Labute approximate surface area is 167 Å². The fourth-order valence-electron chi connectivity index (χ4n) is 2.67. The third kappa shape index (κ3) is 4.45. The van der Waals surface area contributed by atoms with Crippen molar-refractivity contribution >= 4 is 11.1 Å². The summed E-state index contributed by atoms with van der Waals surface area (Å²) in [7, 11) is 0. The molecule has 0 radical (unpaired) electrons. The number of hydrogen-bond acceptors (Lipinski definition) is 7. The zero-order chi connectivity index (χ0) is 21.3. The van der Waals surface area contributed by atoms with Crippen molar-refractivity contribution < 1.29 is 22.3 Å². The zero-order valence-electron chi connectivity index (χ0n) is 15.6. The number of rotatable bonds is 5. The highest BCUT2D eigenvalue weighted by atomic mass is 19.4. The van der Waals surface area contributed by atoms with Gasteiger partial charge in [-0.2, -0.15) is 18.3 Å². The van der Waals surface area contributed by atoms with E-state index < -0.39 is 18.8 Å². The summed E-state index contributed by atoms with van der Waals surface area (Å²) in [5.74, 6) is 0.314. The molecule has 0 atom stereocenters. The Morgan fingerprint density at radius 2 is 1.90 bits per heavy atom. The van der Waals surface area contributed by atoms with Crippen LogP contribution < -0.4 is 10.3 Å². The van der Waals surface area contributed by atoms with Gasteiger partial charge in [0.2, 0.25) is 5.89 Å². The van der Waals surface area contributed by atoms with Gasteiger partial charge in [0.15, 0.2) is 12.2 Å². The molecule has 0 unspecified atom stereocenters. The molecule has 0 fully saturated rings. The van der Waals surface area contributed by atoms with Crippen LogP contribution in [-0.4, -0.2) is 37.5 Å². The molecular formula is C19H14F3N5O3. The number of nitrogens with zero attached hydrogens (tertiary/aromatic N) is 5. The van der Waals surface area contributed by atoms with Gasteiger partial charge in [0.1, 0.15) is 12.1 Å². The number of halogens is 3. The molecule has 0 bridgehead atoms. The number of fused-ring (bicyclic) bond motifs is 1. The molecule has 0 aliphatic carbocycles. The second-order valence-electron chi connectivity index (χ2n) is 6.45. The third-order valence-electron chi connectivity index (χ3n) is 4.03. The largest absolute Gasteiger partial charge is 0.454 e. The number of benzene rings is 1. The molecule has 0 aliphatic heterocycles. The lowest BCUT2D eigenvalue weighted by Crippen LogP contribution is -2.23. The first-order valence-electron chi connectivity index (χ1n) is 8.73. The number of alkyl halides is 3. The maximum Gasteiger partial charge on any atom is 0.422 e. The molecule has 0 aliphatic rings. The lowest BCUT2D eigenvalue weighted by Gasteiger charge is -2.08. The molecule has 4 rings (SSSR count). The Hall–Kier alpha value is -3.76. The molecule has 4 aromatic rings. The Bertz CT molecular complexity index is 1250. The predicted molar refractivity (Wildman–Crippen MR) is 98.9 cm³/mol. The zero-order valence-corrected chi connectivity index (χ0v) is 15.6. The Balaban J connectivity index is 1.56. The highest BCUT2D eigenvalue weighted by Crippen LogP contribution is 2.19. The lowest BCUT2D eigenvalue weighted by atomic mass is 10.2. The number of hydrogen-bond donors (Lipinski definition) is 0. The number of oxazole rings is 1. The van der Waals surface area contributed by atoms with Crippen molar-refractivity contribution in [3.63, 3.8) is 0 Å². The van der Waals surface area contributed by atoms with Crippen LogP contribution in [0.2, 0.25) is 0 Å². The van der Waals surface area contributed by atoms with Gasteiger partial charge in [0.25, 0.3) is 5.56 Å². The standard InChI is InChI=1S/C19H14F3N5O3/c1-11-2-4-15-14(6-11)25-16(30-15)9-27-17(28)5-3-13(26-27)12-7-23-18(24-8-12)29-10-19(20,21)22/h2-8H,9-10H2,1H3. The molecule has 8 nitrogen and oxygen atoms in total. The summed E-state index contributed by atoms with van der Waals surface area (Å²) in [5, 5.41) is 4.24. The molecule has 30 heavy (non-hydrogen) atoms. The number of aromatic nitrogens is 5. The van der Waals surface area contributed by atoms with E-state index in [0.717, 1.165) is 5.56 Å². The topological polar surface area (TPSA) is 95.9 Å². The normalized spacial score (nSPS) is 11.7. The van der Waals surface area contributed by atoms with Gasteiger partial charge < -0.3 is 9.15 Å². The van der Waals surface area contributed by atoms with E-state index in [1.165, 1.54) is 29.2 Å². The van der Waals surface area contributed by atoms with Gasteiger partial charge in [-0.3, -0.25) is 4.79 Å². The highest BCUT2D eigenvalue weighted by Gasteiger charge is 2.28. The van der Waals surface area contributed by atoms with Gasteiger partial charge in [-0.25, -0.2) is 19.6 Å². The Morgan fingerprint density at radius 1 is 1.13 bits per heavy atom. The van der Waals surface area contributed by atoms with Gasteiger partial charge >= 0.3 is 12.2 Å². The number of ether oxygens (including phenoxy) is 1. The van der Waals surface area contributed by atoms with E-state index in [9.17, 15) is 18.0 Å². The van der Waals surface area contributed by atoms with E-state index in [-0.39, 0.29) is 12.1 Å².